The summed E-state index contributed by atoms with van der Waals surface area (Å²) in [6.07, 6.45) is 1.72. The number of nitrogens with zero attached hydrogens (tertiary/aromatic N) is 2. The molecule has 2 amide bonds. The minimum Gasteiger partial charge on any atom is -0.665 e. The van der Waals surface area contributed by atoms with E-state index < -0.39 is 0 Å². The zero-order valence-corrected chi connectivity index (χ0v) is 27.0. The number of carbonyl (C=O) groups excluding carboxylic acids is 1. The van der Waals surface area contributed by atoms with Gasteiger partial charge in [0.1, 0.15) is 0 Å². The molecule has 0 unspecified atom stereocenters. The molecule has 3 nitrogen and oxygen atoms in total. The summed E-state index contributed by atoms with van der Waals surface area (Å²) in [7, 11) is 0. The van der Waals surface area contributed by atoms with Gasteiger partial charge in [-0.25, -0.2) is 0 Å². The molecule has 0 aliphatic carbocycles. The third-order valence-corrected chi connectivity index (χ3v) is 2.72. The maximum absolute atomic E-state index is 12.1. The summed E-state index contributed by atoms with van der Waals surface area (Å²) in [5.41, 5.74) is -0.435. The van der Waals surface area contributed by atoms with E-state index in [1.807, 2.05) is 27.7 Å². The van der Waals surface area contributed by atoms with Gasteiger partial charge in [0.25, 0.3) is 0 Å². The van der Waals surface area contributed by atoms with E-state index >= 15 is 0 Å². The van der Waals surface area contributed by atoms with Crippen molar-refractivity contribution >= 4 is 6.03 Å². The molecule has 0 fully saturated rings. The standard InChI is InChI=1S/C17H35N2O.2Rb/c1-14(2,3)11-16(7,8)18-13(20)19-17(9,10)12-15(4,5)6;;/h11-12H2,1-10H3,(H-,18,19,20);;/q-1;2*+1/p-1. The van der Waals surface area contributed by atoms with Crippen LogP contribution in [-0.2, 0) is 0 Å². The fourth-order valence-corrected chi connectivity index (χ4v) is 3.22. The van der Waals surface area contributed by atoms with Crippen LogP contribution in [-0.4, -0.2) is 17.1 Å². The second kappa shape index (κ2) is 10.9. The molecule has 0 radical (unpaired) electrons. The van der Waals surface area contributed by atoms with Crippen molar-refractivity contribution in [3.05, 3.63) is 10.6 Å². The van der Waals surface area contributed by atoms with Crippen molar-refractivity contribution in [1.82, 2.24) is 0 Å². The van der Waals surface area contributed by atoms with E-state index in [-0.39, 0.29) is 144 Å². The van der Waals surface area contributed by atoms with Crippen LogP contribution >= 0.6 is 0 Å². The van der Waals surface area contributed by atoms with Crippen LogP contribution in [0, 0.1) is 10.8 Å². The molecule has 0 N–H and O–H groups in total. The Morgan fingerprint density at radius 1 is 0.636 bits per heavy atom. The number of carbonyl (C=O) groups is 1. The van der Waals surface area contributed by atoms with Crippen LogP contribution in [0.3, 0.4) is 0 Å². The van der Waals surface area contributed by atoms with E-state index in [4.69, 9.17) is 0 Å². The molecule has 0 heterocycles. The van der Waals surface area contributed by atoms with Gasteiger partial charge >= 0.3 is 116 Å². The summed E-state index contributed by atoms with van der Waals surface area (Å²) in [6, 6.07) is -0.325. The van der Waals surface area contributed by atoms with Crippen molar-refractivity contribution in [3.8, 4) is 0 Å². The number of amides is 2. The van der Waals surface area contributed by atoms with Gasteiger partial charge in [0.15, 0.2) is 0 Å². The smallest absolute Gasteiger partial charge is 0.665 e. The maximum atomic E-state index is 12.1. The Bertz CT molecular complexity index is 308. The normalized spacial score (nSPS) is 12.8. The van der Waals surface area contributed by atoms with Gasteiger partial charge in [-0.2, -0.15) is 0 Å². The fraction of sp³-hybridized carbons (Fsp3) is 0.941. The first-order valence-electron chi connectivity index (χ1n) is 7.51. The Morgan fingerprint density at radius 3 is 1.05 bits per heavy atom. The second-order valence-corrected chi connectivity index (χ2v) is 9.61. The van der Waals surface area contributed by atoms with E-state index in [0.717, 1.165) is 12.8 Å². The summed E-state index contributed by atoms with van der Waals surface area (Å²) < 4.78 is 0. The fourth-order valence-electron chi connectivity index (χ4n) is 3.22. The van der Waals surface area contributed by atoms with Gasteiger partial charge in [-0.3, -0.25) is 0 Å². The van der Waals surface area contributed by atoms with Crippen LogP contribution < -0.4 is 116 Å². The first-order valence-corrected chi connectivity index (χ1v) is 7.51. The minimum absolute atomic E-state index is 0. The third kappa shape index (κ3) is 17.7. The van der Waals surface area contributed by atoms with Gasteiger partial charge < -0.3 is 15.4 Å². The van der Waals surface area contributed by atoms with Gasteiger partial charge in [-0.1, -0.05) is 82.1 Å². The average molecular weight is 453 g/mol. The summed E-state index contributed by atoms with van der Waals surface area (Å²) in [5.74, 6) is 0. The van der Waals surface area contributed by atoms with Crippen molar-refractivity contribution in [1.29, 1.82) is 0 Å². The number of rotatable bonds is 4. The van der Waals surface area contributed by atoms with Crippen LogP contribution in [0.2, 0.25) is 0 Å². The Kier molecular flexibility index (Phi) is 14.7. The summed E-state index contributed by atoms with van der Waals surface area (Å²) in [4.78, 5) is 12.1. The van der Waals surface area contributed by atoms with Gasteiger partial charge in [0.05, 0.1) is 0 Å². The van der Waals surface area contributed by atoms with Crippen molar-refractivity contribution in [2.75, 3.05) is 0 Å². The molecule has 0 aliphatic heterocycles. The van der Waals surface area contributed by atoms with Gasteiger partial charge in [0.2, 0.25) is 0 Å². The van der Waals surface area contributed by atoms with E-state index in [1.165, 1.54) is 0 Å². The Morgan fingerprint density at radius 2 is 0.864 bits per heavy atom. The van der Waals surface area contributed by atoms with Crippen molar-refractivity contribution in [2.24, 2.45) is 10.8 Å². The monoisotopic (exact) mass is 452 g/mol. The predicted molar refractivity (Wildman–Crippen MR) is 88.4 cm³/mol. The maximum Gasteiger partial charge on any atom is 1.00 e. The zero-order valence-electron chi connectivity index (χ0n) is 17.2. The SMILES string of the molecule is CC(C)(C)CC(C)(C)[N-]C(=O)[N-]C(C)(C)CC(C)(C)C.[Rb+].[Rb+]. The van der Waals surface area contributed by atoms with E-state index in [9.17, 15) is 4.79 Å². The molecule has 0 saturated heterocycles. The molecule has 0 aromatic rings. The topological polar surface area (TPSA) is 45.3 Å². The molecule has 0 atom stereocenters. The van der Waals surface area contributed by atoms with Gasteiger partial charge in [-0.15, -0.1) is 11.1 Å². The number of urea groups is 1. The van der Waals surface area contributed by atoms with E-state index in [2.05, 4.69) is 52.2 Å². The van der Waals surface area contributed by atoms with E-state index in [0.29, 0.717) is 0 Å². The molecule has 22 heavy (non-hydrogen) atoms. The van der Waals surface area contributed by atoms with E-state index in [1.54, 1.807) is 0 Å². The number of hydrogen-bond donors (Lipinski definition) is 0. The Balaban J connectivity index is -0.00000180. The summed E-state index contributed by atoms with van der Waals surface area (Å²) in [5, 5.41) is 8.61. The average Bonchev–Trinajstić information content (AvgIpc) is 1.86. The third-order valence-electron chi connectivity index (χ3n) is 2.72. The molecular formula is C17H34N2ORb2. The largest absolute Gasteiger partial charge is 1.00 e. The molecule has 0 aromatic carbocycles. The molecule has 0 saturated carbocycles. The quantitative estimate of drug-likeness (QED) is 0.604. The van der Waals surface area contributed by atoms with Gasteiger partial charge in [-0.05, 0) is 16.9 Å². The molecule has 0 rings (SSSR count). The second-order valence-electron chi connectivity index (χ2n) is 9.61. The van der Waals surface area contributed by atoms with Crippen LogP contribution in [0.5, 0.6) is 0 Å². The molecule has 0 bridgehead atoms. The van der Waals surface area contributed by atoms with Crippen molar-refractivity contribution < 1.29 is 121 Å². The molecule has 120 valence electrons. The van der Waals surface area contributed by atoms with Crippen LogP contribution in [0.15, 0.2) is 0 Å². The molecule has 5 heteroatoms. The Hall–Kier alpha value is 2.88. The number of hydrogen-bond acceptors (Lipinski definition) is 1. The van der Waals surface area contributed by atoms with Crippen molar-refractivity contribution in [2.45, 2.75) is 93.2 Å². The van der Waals surface area contributed by atoms with Crippen molar-refractivity contribution in [3.63, 3.8) is 0 Å². The summed E-state index contributed by atoms with van der Waals surface area (Å²) in [6.45, 7) is 21.0. The summed E-state index contributed by atoms with van der Waals surface area (Å²) >= 11 is 0. The zero-order chi connectivity index (χ0) is 16.4. The molecular weight excluding hydrogens is 419 g/mol. The molecule has 0 aromatic heterocycles. The van der Waals surface area contributed by atoms with Crippen LogP contribution in [0.25, 0.3) is 10.6 Å². The molecule has 0 aliphatic rings. The molecule has 0 spiro atoms. The predicted octanol–water partition coefficient (Wildman–Crippen LogP) is 0.291. The van der Waals surface area contributed by atoms with Gasteiger partial charge in [0, 0.05) is 0 Å². The van der Waals surface area contributed by atoms with Crippen LogP contribution in [0.4, 0.5) is 4.79 Å². The first-order chi connectivity index (χ1) is 8.52. The Labute approximate surface area is 236 Å². The first kappa shape index (κ1) is 29.6. The minimum atomic E-state index is -0.364. The van der Waals surface area contributed by atoms with Crippen LogP contribution in [0.1, 0.15) is 82.1 Å².